The Labute approximate surface area is 103 Å². The van der Waals surface area contributed by atoms with E-state index in [1.165, 1.54) is 4.90 Å². The third-order valence-corrected chi connectivity index (χ3v) is 3.33. The van der Waals surface area contributed by atoms with E-state index < -0.39 is 6.09 Å². The lowest BCUT2D eigenvalue weighted by molar-refractivity contribution is -0.929. The Kier molecular flexibility index (Phi) is 2.25. The number of nitrogens with zero attached hydrogens (tertiary/aromatic N) is 7. The van der Waals surface area contributed by atoms with Crippen LogP contribution in [0.2, 0.25) is 0 Å². The minimum atomic E-state index is -0.924. The van der Waals surface area contributed by atoms with Gasteiger partial charge in [0.05, 0.1) is 30.6 Å². The van der Waals surface area contributed by atoms with E-state index in [-0.39, 0.29) is 10.7 Å². The molecule has 18 heavy (non-hydrogen) atoms. The maximum atomic E-state index is 10.8. The molecule has 0 bridgehead atoms. The van der Waals surface area contributed by atoms with E-state index in [1.807, 2.05) is 5.01 Å². The van der Waals surface area contributed by atoms with E-state index in [9.17, 15) is 4.79 Å². The predicted octanol–water partition coefficient (Wildman–Crippen LogP) is 0.262. The predicted molar refractivity (Wildman–Crippen MR) is 61.3 cm³/mol. The zero-order valence-corrected chi connectivity index (χ0v) is 9.71. The van der Waals surface area contributed by atoms with Gasteiger partial charge in [-0.15, -0.1) is 5.01 Å². The van der Waals surface area contributed by atoms with Crippen molar-refractivity contribution in [3.63, 3.8) is 0 Å². The van der Waals surface area contributed by atoms with Crippen molar-refractivity contribution >= 4 is 18.1 Å². The van der Waals surface area contributed by atoms with Crippen molar-refractivity contribution in [2.45, 2.75) is 6.04 Å². The fraction of sp³-hybridized carbons (Fsp3) is 0.444. The number of amides is 1. The second-order valence-corrected chi connectivity index (χ2v) is 4.28. The average molecular weight is 250 g/mol. The molecule has 0 radical (unpaired) electrons. The maximum Gasteiger partial charge on any atom is 0.407 e. The van der Waals surface area contributed by atoms with Crippen molar-refractivity contribution in [3.05, 3.63) is 12.4 Å². The Morgan fingerprint density at radius 1 is 1.61 bits per heavy atom. The van der Waals surface area contributed by atoms with Gasteiger partial charge in [-0.1, -0.05) is 5.10 Å². The van der Waals surface area contributed by atoms with Gasteiger partial charge in [-0.05, 0) is 4.70 Å². The number of likely N-dealkylation sites (N-methyl/N-ethyl adjacent to an activating group) is 1. The summed E-state index contributed by atoms with van der Waals surface area (Å²) in [5, 5.41) is 22.6. The highest BCUT2D eigenvalue weighted by Gasteiger charge is 2.52. The molecule has 0 saturated carbocycles. The highest BCUT2D eigenvalue weighted by Crippen LogP contribution is 2.30. The van der Waals surface area contributed by atoms with Gasteiger partial charge in [0.15, 0.2) is 6.20 Å². The summed E-state index contributed by atoms with van der Waals surface area (Å²) in [5.41, 5.74) is 0. The van der Waals surface area contributed by atoms with Crippen LogP contribution in [-0.4, -0.2) is 64.0 Å². The molecule has 3 aliphatic rings. The second-order valence-electron chi connectivity index (χ2n) is 4.28. The Bertz CT molecular complexity index is 505. The summed E-state index contributed by atoms with van der Waals surface area (Å²) in [4.78, 5) is 16.1. The first-order chi connectivity index (χ1) is 8.63. The van der Waals surface area contributed by atoms with E-state index in [4.69, 9.17) is 5.11 Å². The van der Waals surface area contributed by atoms with Crippen LogP contribution in [0.5, 0.6) is 0 Å². The molecule has 0 aromatic heterocycles. The van der Waals surface area contributed by atoms with Crippen LogP contribution in [-0.2, 0) is 0 Å². The molecule has 3 rings (SSSR count). The van der Waals surface area contributed by atoms with Crippen molar-refractivity contribution in [1.29, 1.82) is 0 Å². The molecule has 0 spiro atoms. The van der Waals surface area contributed by atoms with Crippen LogP contribution in [0, 0.1) is 0 Å². The number of fused-ring (bicyclic) bond motifs is 1. The van der Waals surface area contributed by atoms with Gasteiger partial charge in [-0.25, -0.2) is 4.79 Å². The molecule has 9 nitrogen and oxygen atoms in total. The summed E-state index contributed by atoms with van der Waals surface area (Å²) in [6.45, 7) is 1.16. The van der Waals surface area contributed by atoms with E-state index >= 15 is 0 Å². The van der Waals surface area contributed by atoms with Crippen molar-refractivity contribution in [1.82, 2.24) is 9.91 Å². The first kappa shape index (κ1) is 11.0. The standard InChI is InChI=1S/C9H11N7O2/c1-14(9(17)18)7-5-15(6-7)16-3-2-10-4-8(16)11-12-13-16/h2-4,7H,5-6H2,1H3/p+1. The number of quaternary nitrogens is 1. The number of carboxylic acid groups (broad SMARTS) is 1. The molecule has 1 saturated heterocycles. The average Bonchev–Trinajstić information content (AvgIpc) is 2.70. The molecule has 1 amide bonds. The van der Waals surface area contributed by atoms with Gasteiger partial charge in [0, 0.05) is 12.3 Å². The van der Waals surface area contributed by atoms with Crippen LogP contribution in [0.25, 0.3) is 0 Å². The molecule has 1 atom stereocenters. The summed E-state index contributed by atoms with van der Waals surface area (Å²) in [6, 6.07) is -0.0284. The van der Waals surface area contributed by atoms with Gasteiger partial charge in [-0.2, -0.15) is 0 Å². The summed E-state index contributed by atoms with van der Waals surface area (Å²) in [5.74, 6) is 0.619. The van der Waals surface area contributed by atoms with Crippen molar-refractivity contribution in [3.8, 4) is 0 Å². The molecule has 1 N–H and O–H groups in total. The Hall–Kier alpha value is -2.13. The topological polar surface area (TPSA) is 93.2 Å². The molecule has 0 aromatic rings. The minimum absolute atomic E-state index is 0.0284. The third-order valence-electron chi connectivity index (χ3n) is 3.33. The largest absolute Gasteiger partial charge is 0.465 e. The zero-order chi connectivity index (χ0) is 12.8. The van der Waals surface area contributed by atoms with Crippen molar-refractivity contribution < 1.29 is 14.6 Å². The molecule has 0 aromatic carbocycles. The van der Waals surface area contributed by atoms with Crippen LogP contribution in [0.15, 0.2) is 32.9 Å². The van der Waals surface area contributed by atoms with Crippen molar-refractivity contribution in [2.24, 2.45) is 20.5 Å². The summed E-state index contributed by atoms with van der Waals surface area (Å²) in [7, 11) is 1.57. The Morgan fingerprint density at radius 2 is 2.39 bits per heavy atom. The normalized spacial score (nSPS) is 29.9. The fourth-order valence-electron chi connectivity index (χ4n) is 2.08. The molecule has 9 heteroatoms. The summed E-state index contributed by atoms with van der Waals surface area (Å²) < 4.78 is 0.0630. The van der Waals surface area contributed by atoms with Crippen LogP contribution in [0.3, 0.4) is 0 Å². The number of hydrogen-bond donors (Lipinski definition) is 1. The summed E-state index contributed by atoms with van der Waals surface area (Å²) in [6.07, 6.45) is 4.09. The van der Waals surface area contributed by atoms with Gasteiger partial charge >= 0.3 is 11.9 Å². The molecular formula is C9H12N7O2+. The van der Waals surface area contributed by atoms with Crippen molar-refractivity contribution in [2.75, 3.05) is 20.1 Å². The number of hydrogen-bond acceptors (Lipinski definition) is 6. The SMILES string of the molecule is CN(C(=O)O)C1CN([N+]23C=CN=CC2=NN=N3)C1. The monoisotopic (exact) mass is 250 g/mol. The lowest BCUT2D eigenvalue weighted by Gasteiger charge is -2.45. The first-order valence-electron chi connectivity index (χ1n) is 5.45. The molecule has 3 heterocycles. The smallest absolute Gasteiger partial charge is 0.407 e. The van der Waals surface area contributed by atoms with Crippen LogP contribution >= 0.6 is 0 Å². The molecule has 3 aliphatic heterocycles. The van der Waals surface area contributed by atoms with Gasteiger partial charge in [0.25, 0.3) is 0 Å². The summed E-state index contributed by atoms with van der Waals surface area (Å²) >= 11 is 0. The van der Waals surface area contributed by atoms with Crippen LogP contribution in [0.1, 0.15) is 0 Å². The zero-order valence-electron chi connectivity index (χ0n) is 9.71. The quantitative estimate of drug-likeness (QED) is 0.712. The fourth-order valence-corrected chi connectivity index (χ4v) is 2.08. The minimum Gasteiger partial charge on any atom is -0.465 e. The maximum absolute atomic E-state index is 10.8. The van der Waals surface area contributed by atoms with E-state index in [0.29, 0.717) is 18.9 Å². The highest BCUT2D eigenvalue weighted by atomic mass is 16.4. The first-order valence-corrected chi connectivity index (χ1v) is 5.45. The van der Waals surface area contributed by atoms with E-state index in [1.54, 1.807) is 25.7 Å². The number of amidine groups is 1. The number of rotatable bonds is 2. The second kappa shape index (κ2) is 3.68. The highest BCUT2D eigenvalue weighted by molar-refractivity contribution is 6.26. The molecule has 1 fully saturated rings. The van der Waals surface area contributed by atoms with Gasteiger partial charge in [0.2, 0.25) is 0 Å². The molecular weight excluding hydrogens is 238 g/mol. The van der Waals surface area contributed by atoms with Crippen LogP contribution in [0.4, 0.5) is 4.79 Å². The molecule has 1 unspecified atom stereocenters. The van der Waals surface area contributed by atoms with Gasteiger partial charge in [-0.3, -0.25) is 4.99 Å². The van der Waals surface area contributed by atoms with E-state index in [2.05, 4.69) is 20.5 Å². The third kappa shape index (κ3) is 1.38. The van der Waals surface area contributed by atoms with E-state index in [0.717, 1.165) is 0 Å². The molecule has 0 aliphatic carbocycles. The lowest BCUT2D eigenvalue weighted by atomic mass is 10.1. The number of aliphatic imine (C=N–C) groups is 1. The Morgan fingerprint density at radius 3 is 3.11 bits per heavy atom. The lowest BCUT2D eigenvalue weighted by Crippen LogP contribution is -2.70. The molecule has 94 valence electrons. The van der Waals surface area contributed by atoms with Gasteiger partial charge in [0.1, 0.15) is 6.21 Å². The van der Waals surface area contributed by atoms with Crippen LogP contribution < -0.4 is 0 Å². The number of carbonyl (C=O) groups is 1. The Balaban J connectivity index is 1.74. The van der Waals surface area contributed by atoms with Gasteiger partial charge < -0.3 is 10.0 Å².